The van der Waals surface area contributed by atoms with Gasteiger partial charge < -0.3 is 14.5 Å². The summed E-state index contributed by atoms with van der Waals surface area (Å²) in [6, 6.07) is 12.9. The summed E-state index contributed by atoms with van der Waals surface area (Å²) in [7, 11) is 1.51. The molecule has 0 aliphatic heterocycles. The van der Waals surface area contributed by atoms with Crippen molar-refractivity contribution in [2.45, 2.75) is 6.92 Å². The fourth-order valence-corrected chi connectivity index (χ4v) is 2.18. The van der Waals surface area contributed by atoms with Gasteiger partial charge in [0.25, 0.3) is 0 Å². The van der Waals surface area contributed by atoms with Crippen LogP contribution in [0.3, 0.4) is 0 Å². The van der Waals surface area contributed by atoms with E-state index in [1.807, 2.05) is 24.3 Å². The third-order valence-corrected chi connectivity index (χ3v) is 3.21. The largest absolute Gasteiger partial charge is 0.493 e. The van der Waals surface area contributed by atoms with Crippen LogP contribution in [0, 0.1) is 0 Å². The predicted molar refractivity (Wildman–Crippen MR) is 91.6 cm³/mol. The highest BCUT2D eigenvalue weighted by molar-refractivity contribution is 5.82. The Kier molecular flexibility index (Phi) is 4.42. The van der Waals surface area contributed by atoms with Crippen LogP contribution in [0.4, 0.5) is 5.95 Å². The zero-order valence-electron chi connectivity index (χ0n) is 13.2. The van der Waals surface area contributed by atoms with Gasteiger partial charge in [-0.2, -0.15) is 5.10 Å². The fraction of sp³-hybridized carbons (Fsp3) is 0.118. The number of aromatic nitrogens is 2. The second-order valence-electron chi connectivity index (χ2n) is 4.98. The number of H-pyrrole nitrogens is 1. The van der Waals surface area contributed by atoms with Crippen molar-refractivity contribution in [2.24, 2.45) is 5.10 Å². The molecule has 0 saturated heterocycles. The maximum atomic E-state index is 11.0. The summed E-state index contributed by atoms with van der Waals surface area (Å²) in [5, 5.41) is 4.14. The summed E-state index contributed by atoms with van der Waals surface area (Å²) in [6.07, 6.45) is 1.62. The average molecular weight is 324 g/mol. The van der Waals surface area contributed by atoms with Gasteiger partial charge in [0.1, 0.15) is 0 Å². The Morgan fingerprint density at radius 1 is 1.25 bits per heavy atom. The third-order valence-electron chi connectivity index (χ3n) is 3.21. The van der Waals surface area contributed by atoms with Crippen molar-refractivity contribution >= 4 is 29.2 Å². The minimum atomic E-state index is -0.402. The van der Waals surface area contributed by atoms with E-state index in [4.69, 9.17) is 9.47 Å². The van der Waals surface area contributed by atoms with Crippen molar-refractivity contribution in [1.82, 2.24) is 9.97 Å². The number of hydrogen-bond donors (Lipinski definition) is 2. The average Bonchev–Trinajstić information content (AvgIpc) is 2.98. The number of methoxy groups -OCH3 is 1. The number of hydrogen-bond acceptors (Lipinski definition) is 6. The normalized spacial score (nSPS) is 10.9. The van der Waals surface area contributed by atoms with Crippen molar-refractivity contribution in [3.63, 3.8) is 0 Å². The van der Waals surface area contributed by atoms with E-state index in [1.165, 1.54) is 14.0 Å². The van der Waals surface area contributed by atoms with E-state index in [9.17, 15) is 4.79 Å². The number of hydrazone groups is 1. The Labute approximate surface area is 138 Å². The van der Waals surface area contributed by atoms with Crippen molar-refractivity contribution in [2.75, 3.05) is 12.5 Å². The van der Waals surface area contributed by atoms with Gasteiger partial charge in [0.05, 0.1) is 24.4 Å². The molecule has 0 radical (unpaired) electrons. The minimum absolute atomic E-state index is 0.368. The Bertz CT molecular complexity index is 869. The number of carbonyl (C=O) groups excluding carboxylic acids is 1. The molecule has 0 spiro atoms. The van der Waals surface area contributed by atoms with Gasteiger partial charge in [-0.25, -0.2) is 10.4 Å². The van der Waals surface area contributed by atoms with Crippen molar-refractivity contribution in [3.05, 3.63) is 48.0 Å². The molecule has 3 rings (SSSR count). The van der Waals surface area contributed by atoms with Crippen LogP contribution in [0.5, 0.6) is 11.5 Å². The van der Waals surface area contributed by atoms with E-state index < -0.39 is 5.97 Å². The molecular formula is C17H16N4O3. The lowest BCUT2D eigenvalue weighted by molar-refractivity contribution is -0.132. The molecule has 0 aliphatic rings. The van der Waals surface area contributed by atoms with Crippen molar-refractivity contribution < 1.29 is 14.3 Å². The highest BCUT2D eigenvalue weighted by Crippen LogP contribution is 2.27. The molecule has 3 aromatic rings. The van der Waals surface area contributed by atoms with Crippen LogP contribution < -0.4 is 14.9 Å². The van der Waals surface area contributed by atoms with Gasteiger partial charge in [-0.1, -0.05) is 12.1 Å². The molecule has 0 atom stereocenters. The lowest BCUT2D eigenvalue weighted by atomic mass is 10.2. The molecule has 0 unspecified atom stereocenters. The van der Waals surface area contributed by atoms with E-state index in [-0.39, 0.29) is 0 Å². The Hall–Kier alpha value is -3.35. The molecule has 2 N–H and O–H groups in total. The molecule has 1 aromatic heterocycles. The number of rotatable bonds is 5. The van der Waals surface area contributed by atoms with Crippen LogP contribution in [0.1, 0.15) is 12.5 Å². The van der Waals surface area contributed by atoms with Crippen molar-refractivity contribution in [1.29, 1.82) is 0 Å². The van der Waals surface area contributed by atoms with E-state index >= 15 is 0 Å². The first-order valence-electron chi connectivity index (χ1n) is 7.26. The lowest BCUT2D eigenvalue weighted by Gasteiger charge is -2.08. The molecule has 7 heteroatoms. The number of fused-ring (bicyclic) bond motifs is 1. The Balaban J connectivity index is 1.72. The number of ether oxygens (including phenoxy) is 2. The highest BCUT2D eigenvalue weighted by atomic mass is 16.6. The zero-order valence-corrected chi connectivity index (χ0v) is 13.2. The standard InChI is InChI=1S/C17H16N4O3/c1-11(22)24-15-8-7-12(9-16(15)23-2)10-18-21-17-19-13-5-3-4-6-14(13)20-17/h3-10H,1-2H3,(H2,19,20,21)/b18-10+. The van der Waals surface area contributed by atoms with E-state index in [1.54, 1.807) is 24.4 Å². The van der Waals surface area contributed by atoms with Gasteiger partial charge in [-0.3, -0.25) is 4.79 Å². The molecule has 1 heterocycles. The number of carbonyl (C=O) groups is 1. The summed E-state index contributed by atoms with van der Waals surface area (Å²) in [4.78, 5) is 18.5. The molecule has 2 aromatic carbocycles. The van der Waals surface area contributed by atoms with Gasteiger partial charge in [0, 0.05) is 6.92 Å². The molecule has 0 aliphatic carbocycles. The number of benzene rings is 2. The van der Waals surface area contributed by atoms with Crippen LogP contribution in [0.25, 0.3) is 11.0 Å². The van der Waals surface area contributed by atoms with Crippen LogP contribution in [-0.4, -0.2) is 29.3 Å². The molecule has 0 amide bonds. The first-order chi connectivity index (χ1) is 11.7. The molecule has 24 heavy (non-hydrogen) atoms. The van der Waals surface area contributed by atoms with Crippen LogP contribution in [-0.2, 0) is 4.79 Å². The SMILES string of the molecule is COc1cc(/C=N/Nc2nc3ccccc3[nH]2)ccc1OC(C)=O. The minimum Gasteiger partial charge on any atom is -0.493 e. The second kappa shape index (κ2) is 6.82. The summed E-state index contributed by atoms with van der Waals surface area (Å²) in [6.45, 7) is 1.34. The highest BCUT2D eigenvalue weighted by Gasteiger charge is 2.07. The number of para-hydroxylation sites is 2. The van der Waals surface area contributed by atoms with Gasteiger partial charge in [-0.05, 0) is 35.9 Å². The van der Waals surface area contributed by atoms with Crippen LogP contribution >= 0.6 is 0 Å². The first-order valence-corrected chi connectivity index (χ1v) is 7.26. The number of imidazole rings is 1. The first kappa shape index (κ1) is 15.5. The smallest absolute Gasteiger partial charge is 0.308 e. The quantitative estimate of drug-likeness (QED) is 0.326. The molecule has 0 fully saturated rings. The van der Waals surface area contributed by atoms with E-state index in [0.717, 1.165) is 16.6 Å². The zero-order chi connectivity index (χ0) is 16.9. The van der Waals surface area contributed by atoms with Crippen LogP contribution in [0.15, 0.2) is 47.6 Å². The van der Waals surface area contributed by atoms with Crippen LogP contribution in [0.2, 0.25) is 0 Å². The van der Waals surface area contributed by atoms with Gasteiger partial charge >= 0.3 is 5.97 Å². The van der Waals surface area contributed by atoms with E-state index in [2.05, 4.69) is 20.5 Å². The predicted octanol–water partition coefficient (Wildman–Crippen LogP) is 2.94. The summed E-state index contributed by atoms with van der Waals surface area (Å²) >= 11 is 0. The number of nitrogens with zero attached hydrogens (tertiary/aromatic N) is 2. The Morgan fingerprint density at radius 2 is 2.08 bits per heavy atom. The molecule has 7 nitrogen and oxygen atoms in total. The second-order valence-corrected chi connectivity index (χ2v) is 4.98. The summed E-state index contributed by atoms with van der Waals surface area (Å²) in [5.41, 5.74) is 5.42. The third kappa shape index (κ3) is 3.52. The van der Waals surface area contributed by atoms with Crippen molar-refractivity contribution in [3.8, 4) is 11.5 Å². The number of esters is 1. The molecular weight excluding hydrogens is 308 g/mol. The number of anilines is 1. The maximum absolute atomic E-state index is 11.0. The lowest BCUT2D eigenvalue weighted by Crippen LogP contribution is -2.03. The summed E-state index contributed by atoms with van der Waals surface area (Å²) in [5.74, 6) is 0.975. The number of nitrogens with one attached hydrogen (secondary N) is 2. The maximum Gasteiger partial charge on any atom is 0.308 e. The Morgan fingerprint density at radius 3 is 2.83 bits per heavy atom. The van der Waals surface area contributed by atoms with E-state index in [0.29, 0.717) is 17.4 Å². The summed E-state index contributed by atoms with van der Waals surface area (Å²) < 4.78 is 10.3. The van der Waals surface area contributed by atoms with Gasteiger partial charge in [0.2, 0.25) is 5.95 Å². The molecule has 0 saturated carbocycles. The van der Waals surface area contributed by atoms with Gasteiger partial charge in [-0.15, -0.1) is 0 Å². The molecule has 0 bridgehead atoms. The number of aromatic amines is 1. The van der Waals surface area contributed by atoms with Gasteiger partial charge in [0.15, 0.2) is 11.5 Å². The fourth-order valence-electron chi connectivity index (χ4n) is 2.18. The monoisotopic (exact) mass is 324 g/mol. The molecule has 122 valence electrons. The topological polar surface area (TPSA) is 88.6 Å².